The molecule has 0 spiro atoms. The predicted octanol–water partition coefficient (Wildman–Crippen LogP) is 2.51. The van der Waals surface area contributed by atoms with Crippen molar-refractivity contribution in [2.24, 2.45) is 0 Å². The normalized spacial score (nSPS) is 11.9. The first-order valence-electron chi connectivity index (χ1n) is 6.72. The van der Waals surface area contributed by atoms with Crippen LogP contribution >= 0.6 is 7.82 Å². The van der Waals surface area contributed by atoms with Gasteiger partial charge in [0.25, 0.3) is 0 Å². The van der Waals surface area contributed by atoms with Gasteiger partial charge in [-0.05, 0) is 19.8 Å². The molecule has 0 aromatic carbocycles. The minimum absolute atomic E-state index is 1.19. The Morgan fingerprint density at radius 1 is 0.889 bits per heavy atom. The van der Waals surface area contributed by atoms with Gasteiger partial charge in [-0.1, -0.05) is 32.6 Å². The molecule has 0 saturated heterocycles. The molecular weight excluding hydrogens is 253 g/mol. The zero-order valence-electron chi connectivity index (χ0n) is 12.3. The van der Waals surface area contributed by atoms with Crippen LogP contribution in [-0.2, 0) is 4.57 Å². The Morgan fingerprint density at radius 3 is 1.67 bits per heavy atom. The molecule has 5 nitrogen and oxygen atoms in total. The molecule has 0 unspecified atom stereocenters. The van der Waals surface area contributed by atoms with Gasteiger partial charge in [0.1, 0.15) is 0 Å². The van der Waals surface area contributed by atoms with Crippen molar-refractivity contribution >= 4 is 7.82 Å². The van der Waals surface area contributed by atoms with Crippen molar-refractivity contribution in [3.05, 3.63) is 0 Å². The summed E-state index contributed by atoms with van der Waals surface area (Å²) in [6, 6.07) is 0. The molecule has 0 saturated carbocycles. The van der Waals surface area contributed by atoms with Gasteiger partial charge in [0.05, 0.1) is 27.2 Å². The third-order valence-corrected chi connectivity index (χ3v) is 2.97. The third kappa shape index (κ3) is 25.1. The van der Waals surface area contributed by atoms with E-state index >= 15 is 0 Å². The van der Waals surface area contributed by atoms with Crippen LogP contribution in [0.25, 0.3) is 0 Å². The number of phosphoric acid groups is 1. The maximum absolute atomic E-state index is 8.88. The van der Waals surface area contributed by atoms with Crippen molar-refractivity contribution in [2.45, 2.75) is 52.4 Å². The van der Waals surface area contributed by atoms with E-state index in [1.165, 1.54) is 56.1 Å². The highest BCUT2D eigenvalue weighted by atomic mass is 31.2. The lowest BCUT2D eigenvalue weighted by Gasteiger charge is -2.28. The van der Waals surface area contributed by atoms with Crippen LogP contribution < -0.4 is 0 Å². The average molecular weight is 284 g/mol. The van der Waals surface area contributed by atoms with Crippen LogP contribution in [0.1, 0.15) is 52.4 Å². The Hall–Kier alpha value is 0.0700. The number of unbranched alkanes of at least 4 members (excludes halogenated alkanes) is 5. The van der Waals surface area contributed by atoms with Gasteiger partial charge in [-0.2, -0.15) is 0 Å². The summed E-state index contributed by atoms with van der Waals surface area (Å²) in [6.07, 6.45) is 8.50. The average Bonchev–Trinajstić information content (AvgIpc) is 2.21. The smallest absolute Gasteiger partial charge is 0.329 e. The Labute approximate surface area is 112 Å². The van der Waals surface area contributed by atoms with Crippen molar-refractivity contribution in [3.63, 3.8) is 0 Å². The van der Waals surface area contributed by atoms with E-state index in [1.54, 1.807) is 0 Å². The largest absolute Gasteiger partial charge is 0.466 e. The molecule has 0 bridgehead atoms. The Kier molecular flexibility index (Phi) is 12.4. The van der Waals surface area contributed by atoms with Gasteiger partial charge in [0.15, 0.2) is 0 Å². The van der Waals surface area contributed by atoms with Gasteiger partial charge in [0.2, 0.25) is 0 Å². The zero-order valence-corrected chi connectivity index (χ0v) is 13.2. The van der Waals surface area contributed by atoms with E-state index in [9.17, 15) is 0 Å². The summed E-state index contributed by atoms with van der Waals surface area (Å²) < 4.78 is 10.1. The highest BCUT2D eigenvalue weighted by Crippen LogP contribution is 2.25. The van der Waals surface area contributed by atoms with E-state index in [2.05, 4.69) is 27.9 Å². The molecule has 0 aliphatic carbocycles. The molecule has 0 fully saturated rings. The standard InChI is InChI=1S/C12H28N.H3O4P/c1-5-7-8-9-10-11-12-13(3,4)6-2;1-5(2,3)4/h5-12H2,1-4H3;(H3,1,2,3,4)/q+1;. The topological polar surface area (TPSA) is 77.8 Å². The summed E-state index contributed by atoms with van der Waals surface area (Å²) in [5, 5.41) is 0. The number of rotatable bonds is 8. The first-order valence-corrected chi connectivity index (χ1v) is 8.29. The van der Waals surface area contributed by atoms with Gasteiger partial charge in [0, 0.05) is 0 Å². The summed E-state index contributed by atoms with van der Waals surface area (Å²) in [5.74, 6) is 0. The van der Waals surface area contributed by atoms with Crippen LogP contribution in [0.15, 0.2) is 0 Å². The number of hydrogen-bond donors (Lipinski definition) is 3. The van der Waals surface area contributed by atoms with Crippen molar-refractivity contribution in [1.29, 1.82) is 0 Å². The summed E-state index contributed by atoms with van der Waals surface area (Å²) in [5.41, 5.74) is 0. The number of quaternary nitrogens is 1. The fourth-order valence-electron chi connectivity index (χ4n) is 1.48. The van der Waals surface area contributed by atoms with Crippen LogP contribution in [-0.4, -0.2) is 46.3 Å². The van der Waals surface area contributed by atoms with Gasteiger partial charge in [-0.25, -0.2) is 4.57 Å². The minimum atomic E-state index is -4.64. The second-order valence-corrected chi connectivity index (χ2v) is 6.28. The van der Waals surface area contributed by atoms with E-state index in [0.29, 0.717) is 0 Å². The molecule has 18 heavy (non-hydrogen) atoms. The van der Waals surface area contributed by atoms with Crippen LogP contribution in [0.4, 0.5) is 0 Å². The van der Waals surface area contributed by atoms with E-state index in [-0.39, 0.29) is 0 Å². The van der Waals surface area contributed by atoms with Crippen LogP contribution in [0, 0.1) is 0 Å². The molecule has 0 radical (unpaired) electrons. The molecule has 0 rings (SSSR count). The van der Waals surface area contributed by atoms with Crippen LogP contribution in [0.3, 0.4) is 0 Å². The van der Waals surface area contributed by atoms with Crippen molar-refractivity contribution in [1.82, 2.24) is 0 Å². The Morgan fingerprint density at radius 2 is 1.28 bits per heavy atom. The molecule has 0 aromatic rings. The lowest BCUT2D eigenvalue weighted by atomic mass is 10.1. The van der Waals surface area contributed by atoms with E-state index in [0.717, 1.165) is 0 Å². The Bertz CT molecular complexity index is 220. The second-order valence-electron chi connectivity index (χ2n) is 5.26. The maximum Gasteiger partial charge on any atom is 0.466 e. The third-order valence-electron chi connectivity index (χ3n) is 2.97. The summed E-state index contributed by atoms with van der Waals surface area (Å²) >= 11 is 0. The molecule has 0 aliphatic rings. The summed E-state index contributed by atoms with van der Waals surface area (Å²) in [6.45, 7) is 7.16. The summed E-state index contributed by atoms with van der Waals surface area (Å²) in [7, 11) is 0.0120. The molecule has 0 aromatic heterocycles. The van der Waals surface area contributed by atoms with Crippen molar-refractivity contribution in [2.75, 3.05) is 27.2 Å². The summed E-state index contributed by atoms with van der Waals surface area (Å²) in [4.78, 5) is 21.6. The van der Waals surface area contributed by atoms with Gasteiger partial charge < -0.3 is 19.2 Å². The number of hydrogen-bond acceptors (Lipinski definition) is 1. The molecule has 3 N–H and O–H groups in total. The predicted molar refractivity (Wildman–Crippen MR) is 75.2 cm³/mol. The first-order chi connectivity index (χ1) is 8.12. The maximum atomic E-state index is 8.88. The van der Waals surface area contributed by atoms with E-state index in [4.69, 9.17) is 19.2 Å². The molecule has 112 valence electrons. The quantitative estimate of drug-likeness (QED) is 0.363. The van der Waals surface area contributed by atoms with Gasteiger partial charge in [-0.3, -0.25) is 0 Å². The molecule has 0 atom stereocenters. The highest BCUT2D eigenvalue weighted by Gasteiger charge is 2.09. The molecule has 6 heteroatoms. The fraction of sp³-hybridized carbons (Fsp3) is 1.00. The van der Waals surface area contributed by atoms with Crippen LogP contribution in [0.2, 0.25) is 0 Å². The molecular formula is C12H31NO4P+. The lowest BCUT2D eigenvalue weighted by molar-refractivity contribution is -0.888. The second kappa shape index (κ2) is 10.9. The van der Waals surface area contributed by atoms with Gasteiger partial charge in [-0.15, -0.1) is 0 Å². The monoisotopic (exact) mass is 284 g/mol. The minimum Gasteiger partial charge on any atom is -0.329 e. The van der Waals surface area contributed by atoms with E-state index < -0.39 is 7.82 Å². The zero-order chi connectivity index (χ0) is 14.7. The first kappa shape index (κ1) is 20.4. The molecule has 0 amide bonds. The molecule has 0 aliphatic heterocycles. The van der Waals surface area contributed by atoms with E-state index in [1.807, 2.05) is 0 Å². The number of nitrogens with zero attached hydrogens (tertiary/aromatic N) is 1. The Balaban J connectivity index is 0. The molecule has 0 heterocycles. The fourth-order valence-corrected chi connectivity index (χ4v) is 1.48. The van der Waals surface area contributed by atoms with Crippen molar-refractivity contribution < 1.29 is 23.7 Å². The van der Waals surface area contributed by atoms with Crippen molar-refractivity contribution in [3.8, 4) is 0 Å². The lowest BCUT2D eigenvalue weighted by Crippen LogP contribution is -2.39. The highest BCUT2D eigenvalue weighted by molar-refractivity contribution is 7.45. The van der Waals surface area contributed by atoms with Gasteiger partial charge >= 0.3 is 7.82 Å². The SMILES string of the molecule is CCCCCCCC[N+](C)(C)CC.O=P(O)(O)O. The van der Waals surface area contributed by atoms with Crippen LogP contribution in [0.5, 0.6) is 0 Å².